The van der Waals surface area contributed by atoms with Gasteiger partial charge in [0, 0.05) is 13.1 Å². The minimum absolute atomic E-state index is 0.0600. The number of carbonyl (C=O) groups is 1. The molecule has 1 N–H and O–H groups in total. The Morgan fingerprint density at radius 2 is 2.04 bits per heavy atom. The lowest BCUT2D eigenvalue weighted by Gasteiger charge is -2.12. The van der Waals surface area contributed by atoms with E-state index in [4.69, 9.17) is 9.60 Å². The molecule has 3 heteroatoms. The van der Waals surface area contributed by atoms with Crippen LogP contribution < -0.4 is 5.32 Å². The SMILES string of the molecule is [2H]c1c([2H])c([2H])c2c(CNC/C=C\C#CC(C)(C)C(=O)OC)c([2H])c([2H])c([2H])c2c1[2H]. The van der Waals surface area contributed by atoms with Crippen LogP contribution in [0, 0.1) is 17.3 Å². The molecular weight excluding hydrogens is 298 g/mol. The average Bonchev–Trinajstić information content (AvgIpc) is 2.74. The molecule has 3 nitrogen and oxygen atoms in total. The number of nitrogens with one attached hydrogen (secondary N) is 1. The highest BCUT2D eigenvalue weighted by Gasteiger charge is 2.25. The van der Waals surface area contributed by atoms with Gasteiger partial charge in [0.25, 0.3) is 0 Å². The van der Waals surface area contributed by atoms with E-state index in [2.05, 4.69) is 21.9 Å². The summed E-state index contributed by atoms with van der Waals surface area (Å²) in [5.41, 5.74) is -0.702. The van der Waals surface area contributed by atoms with Crippen LogP contribution >= 0.6 is 0 Å². The van der Waals surface area contributed by atoms with Gasteiger partial charge in [-0.25, -0.2) is 0 Å². The molecule has 0 bridgehead atoms. The Morgan fingerprint density at radius 3 is 2.83 bits per heavy atom. The minimum Gasteiger partial charge on any atom is -0.468 e. The summed E-state index contributed by atoms with van der Waals surface area (Å²) in [5.74, 6) is 5.12. The zero-order chi connectivity index (χ0) is 23.5. The molecule has 0 spiro atoms. The molecule has 0 aliphatic heterocycles. The van der Waals surface area contributed by atoms with Gasteiger partial charge >= 0.3 is 5.97 Å². The molecule has 0 fully saturated rings. The molecule has 0 saturated carbocycles. The van der Waals surface area contributed by atoms with E-state index in [0.717, 1.165) is 0 Å². The number of allylic oxidation sites excluding steroid dienone is 1. The van der Waals surface area contributed by atoms with Crippen molar-refractivity contribution in [2.45, 2.75) is 20.4 Å². The Hall–Kier alpha value is -2.57. The van der Waals surface area contributed by atoms with Gasteiger partial charge in [-0.05, 0) is 36.3 Å². The molecule has 124 valence electrons. The third-order valence-electron chi connectivity index (χ3n) is 3.24. The maximum atomic E-state index is 11.6. The fourth-order valence-corrected chi connectivity index (χ4v) is 1.92. The standard InChI is InChI=1S/C21H23NO2/c1-21(2,20(23)24-3)14-7-4-8-15-22-16-18-12-9-11-17-10-5-6-13-19(17)18/h4-6,8-13,22H,15-16H2,1-3H3/b8-4-/i5D,6D,9D,10D,11D,12D,13D. The zero-order valence-electron chi connectivity index (χ0n) is 20.9. The number of rotatable bonds is 5. The number of esters is 1. The van der Waals surface area contributed by atoms with E-state index in [1.807, 2.05) is 0 Å². The van der Waals surface area contributed by atoms with Crippen LogP contribution in [0.15, 0.2) is 54.4 Å². The monoisotopic (exact) mass is 328 g/mol. The predicted molar refractivity (Wildman–Crippen MR) is 98.4 cm³/mol. The number of carbonyl (C=O) groups excluding carboxylic acids is 1. The second-order valence-electron chi connectivity index (χ2n) is 5.52. The van der Waals surface area contributed by atoms with Gasteiger partial charge in [-0.2, -0.15) is 0 Å². The Morgan fingerprint density at radius 1 is 1.29 bits per heavy atom. The van der Waals surface area contributed by atoms with Gasteiger partial charge < -0.3 is 10.1 Å². The number of fused-ring (bicyclic) bond motifs is 1. The molecule has 0 aromatic heterocycles. The molecule has 0 amide bonds. The Kier molecular flexibility index (Phi) is 3.58. The molecule has 2 rings (SSSR count). The van der Waals surface area contributed by atoms with Crippen molar-refractivity contribution < 1.29 is 19.1 Å². The van der Waals surface area contributed by atoms with Crippen LogP contribution in [-0.2, 0) is 16.1 Å². The van der Waals surface area contributed by atoms with Gasteiger partial charge in [-0.1, -0.05) is 60.2 Å². The number of benzene rings is 2. The van der Waals surface area contributed by atoms with Crippen molar-refractivity contribution in [1.82, 2.24) is 5.32 Å². The van der Waals surface area contributed by atoms with Gasteiger partial charge in [0.1, 0.15) is 5.41 Å². The minimum atomic E-state index is -0.933. The smallest absolute Gasteiger partial charge is 0.323 e. The van der Waals surface area contributed by atoms with Crippen molar-refractivity contribution in [3.63, 3.8) is 0 Å². The van der Waals surface area contributed by atoms with E-state index in [-0.39, 0.29) is 53.1 Å². The number of hydrogen-bond donors (Lipinski definition) is 1. The summed E-state index contributed by atoms with van der Waals surface area (Å²) in [7, 11) is 1.30. The summed E-state index contributed by atoms with van der Waals surface area (Å²) in [6, 6.07) is -2.67. The summed E-state index contributed by atoms with van der Waals surface area (Å²) in [4.78, 5) is 11.6. The van der Waals surface area contributed by atoms with E-state index >= 15 is 0 Å². The van der Waals surface area contributed by atoms with E-state index in [9.17, 15) is 4.79 Å². The van der Waals surface area contributed by atoms with Crippen LogP contribution in [0.25, 0.3) is 10.8 Å². The van der Waals surface area contributed by atoms with Gasteiger partial charge in [0.2, 0.25) is 0 Å². The van der Waals surface area contributed by atoms with Crippen molar-refractivity contribution in [3.8, 4) is 11.8 Å². The van der Waals surface area contributed by atoms with Crippen molar-refractivity contribution in [1.29, 1.82) is 0 Å². The highest BCUT2D eigenvalue weighted by molar-refractivity contribution is 5.85. The molecule has 0 heterocycles. The fraction of sp³-hybridized carbons (Fsp3) is 0.286. The van der Waals surface area contributed by atoms with Crippen LogP contribution in [0.1, 0.15) is 29.0 Å². The molecule has 0 aliphatic carbocycles. The number of hydrogen-bond acceptors (Lipinski definition) is 3. The van der Waals surface area contributed by atoms with Crippen molar-refractivity contribution in [2.24, 2.45) is 5.41 Å². The summed E-state index contributed by atoms with van der Waals surface area (Å²) in [6.45, 7) is 3.69. The summed E-state index contributed by atoms with van der Waals surface area (Å²) >= 11 is 0. The molecular formula is C21H23NO2. The number of ether oxygens (including phenoxy) is 1. The molecule has 0 saturated heterocycles. The largest absolute Gasteiger partial charge is 0.468 e. The first-order valence-corrected chi connectivity index (χ1v) is 7.41. The Balaban J connectivity index is 2.29. The fourth-order valence-electron chi connectivity index (χ4n) is 1.92. The van der Waals surface area contributed by atoms with Crippen LogP contribution in [0.5, 0.6) is 0 Å². The highest BCUT2D eigenvalue weighted by Crippen LogP contribution is 2.18. The molecule has 0 radical (unpaired) electrons. The summed E-state index contributed by atoms with van der Waals surface area (Å²) < 4.78 is 61.0. The number of methoxy groups -OCH3 is 1. The lowest BCUT2D eigenvalue weighted by molar-refractivity contribution is -0.147. The molecule has 0 aliphatic rings. The maximum absolute atomic E-state index is 11.6. The third kappa shape index (κ3) is 4.71. The molecule has 2 aromatic rings. The van der Waals surface area contributed by atoms with Crippen LogP contribution in [0.3, 0.4) is 0 Å². The second kappa shape index (κ2) is 8.33. The quantitative estimate of drug-likeness (QED) is 0.517. The van der Waals surface area contributed by atoms with E-state index in [1.165, 1.54) is 7.11 Å². The van der Waals surface area contributed by atoms with Crippen LogP contribution in [0.2, 0.25) is 0 Å². The van der Waals surface area contributed by atoms with E-state index < -0.39 is 23.5 Å². The second-order valence-corrected chi connectivity index (χ2v) is 5.52. The first kappa shape index (κ1) is 10.3. The van der Waals surface area contributed by atoms with Crippen molar-refractivity contribution in [2.75, 3.05) is 13.7 Å². The van der Waals surface area contributed by atoms with E-state index in [0.29, 0.717) is 6.54 Å². The zero-order valence-corrected chi connectivity index (χ0v) is 13.9. The molecule has 2 aromatic carbocycles. The highest BCUT2D eigenvalue weighted by atomic mass is 16.5. The summed E-state index contributed by atoms with van der Waals surface area (Å²) in [5, 5.41) is 3.05. The van der Waals surface area contributed by atoms with Gasteiger partial charge in [0.05, 0.1) is 16.7 Å². The molecule has 24 heavy (non-hydrogen) atoms. The van der Waals surface area contributed by atoms with Crippen molar-refractivity contribution in [3.05, 3.63) is 60.0 Å². The normalized spacial score (nSPS) is 15.4. The average molecular weight is 328 g/mol. The third-order valence-corrected chi connectivity index (χ3v) is 3.24. The first-order valence-electron chi connectivity index (χ1n) is 10.9. The van der Waals surface area contributed by atoms with E-state index in [1.54, 1.807) is 26.0 Å². The Bertz CT molecular complexity index is 1120. The maximum Gasteiger partial charge on any atom is 0.323 e. The van der Waals surface area contributed by atoms with Gasteiger partial charge in [-0.3, -0.25) is 4.79 Å². The lowest BCUT2D eigenvalue weighted by Crippen LogP contribution is -2.23. The predicted octanol–water partition coefficient (Wildman–Crippen LogP) is 3.69. The topological polar surface area (TPSA) is 38.3 Å². The lowest BCUT2D eigenvalue weighted by atomic mass is 9.95. The summed E-state index contributed by atoms with van der Waals surface area (Å²) in [6.07, 6.45) is 3.26. The van der Waals surface area contributed by atoms with Crippen LogP contribution in [-0.4, -0.2) is 19.6 Å². The van der Waals surface area contributed by atoms with Gasteiger partial charge in [0.15, 0.2) is 0 Å². The molecule has 0 atom stereocenters. The first-order chi connectivity index (χ1) is 14.5. The molecule has 0 unspecified atom stereocenters. The van der Waals surface area contributed by atoms with Gasteiger partial charge in [-0.15, -0.1) is 0 Å². The van der Waals surface area contributed by atoms with Crippen LogP contribution in [0.4, 0.5) is 0 Å². The Labute approximate surface area is 153 Å². The van der Waals surface area contributed by atoms with Crippen molar-refractivity contribution >= 4 is 16.7 Å².